The zero-order valence-corrected chi connectivity index (χ0v) is 12.0. The fourth-order valence-electron chi connectivity index (χ4n) is 2.33. The van der Waals surface area contributed by atoms with Gasteiger partial charge < -0.3 is 14.4 Å². The van der Waals surface area contributed by atoms with Crippen LogP contribution in [0.15, 0.2) is 0 Å². The highest BCUT2D eigenvalue weighted by Gasteiger charge is 2.30. The first-order chi connectivity index (χ1) is 9.58. The number of carbonyl (C=O) groups is 2. The van der Waals surface area contributed by atoms with Crippen LogP contribution >= 0.6 is 0 Å². The maximum atomic E-state index is 11.9. The molecule has 1 aliphatic rings. The first kappa shape index (κ1) is 14.4. The summed E-state index contributed by atoms with van der Waals surface area (Å²) >= 11 is 0. The number of ether oxygens (including phenoxy) is 2. The molecule has 0 saturated heterocycles. The van der Waals surface area contributed by atoms with Crippen molar-refractivity contribution >= 4 is 12.1 Å². The highest BCUT2D eigenvalue weighted by molar-refractivity contribution is 5.89. The zero-order chi connectivity index (χ0) is 14.7. The molecule has 0 atom stereocenters. The third-order valence-corrected chi connectivity index (χ3v) is 3.24. The SMILES string of the molecule is CCOC(=O)c1nn(C)c2c1CN(C(=O)OCC)CC2. The van der Waals surface area contributed by atoms with Gasteiger partial charge in [0.1, 0.15) is 0 Å². The van der Waals surface area contributed by atoms with E-state index in [9.17, 15) is 9.59 Å². The Bertz CT molecular complexity index is 524. The summed E-state index contributed by atoms with van der Waals surface area (Å²) in [5.41, 5.74) is 2.01. The van der Waals surface area contributed by atoms with Crippen LogP contribution in [0.2, 0.25) is 0 Å². The summed E-state index contributed by atoms with van der Waals surface area (Å²) in [6, 6.07) is 0. The monoisotopic (exact) mass is 281 g/mol. The molecular weight excluding hydrogens is 262 g/mol. The highest BCUT2D eigenvalue weighted by atomic mass is 16.6. The summed E-state index contributed by atoms with van der Waals surface area (Å²) in [5, 5.41) is 4.21. The highest BCUT2D eigenvalue weighted by Crippen LogP contribution is 2.23. The molecule has 1 aromatic heterocycles. The fraction of sp³-hybridized carbons (Fsp3) is 0.615. The topological polar surface area (TPSA) is 73.7 Å². The lowest BCUT2D eigenvalue weighted by molar-refractivity contribution is 0.0514. The molecule has 0 saturated carbocycles. The van der Waals surface area contributed by atoms with E-state index in [-0.39, 0.29) is 6.09 Å². The number of carbonyl (C=O) groups excluding carboxylic acids is 2. The minimum Gasteiger partial charge on any atom is -0.461 e. The average Bonchev–Trinajstić information content (AvgIpc) is 2.76. The number of aromatic nitrogens is 2. The van der Waals surface area contributed by atoms with Gasteiger partial charge in [0.2, 0.25) is 0 Å². The second-order valence-corrected chi connectivity index (χ2v) is 4.49. The summed E-state index contributed by atoms with van der Waals surface area (Å²) in [6.07, 6.45) is 0.286. The molecule has 1 amide bonds. The third kappa shape index (κ3) is 2.61. The molecule has 0 aromatic carbocycles. The Hall–Kier alpha value is -2.05. The van der Waals surface area contributed by atoms with E-state index < -0.39 is 5.97 Å². The van der Waals surface area contributed by atoms with Gasteiger partial charge in [0.15, 0.2) is 5.69 Å². The molecule has 1 aromatic rings. The molecule has 0 radical (unpaired) electrons. The Kier molecular flexibility index (Phi) is 4.26. The molecule has 2 heterocycles. The van der Waals surface area contributed by atoms with Crippen molar-refractivity contribution in [2.24, 2.45) is 7.05 Å². The van der Waals surface area contributed by atoms with E-state index in [0.717, 1.165) is 11.3 Å². The molecule has 0 fully saturated rings. The van der Waals surface area contributed by atoms with Crippen molar-refractivity contribution in [3.05, 3.63) is 17.0 Å². The number of rotatable bonds is 3. The van der Waals surface area contributed by atoms with Gasteiger partial charge in [-0.2, -0.15) is 5.10 Å². The number of fused-ring (bicyclic) bond motifs is 1. The number of nitrogens with zero attached hydrogens (tertiary/aromatic N) is 3. The van der Waals surface area contributed by atoms with Crippen molar-refractivity contribution in [2.75, 3.05) is 19.8 Å². The van der Waals surface area contributed by atoms with E-state index in [1.54, 1.807) is 30.5 Å². The van der Waals surface area contributed by atoms with Crippen LogP contribution < -0.4 is 0 Å². The molecule has 2 rings (SSSR count). The van der Waals surface area contributed by atoms with E-state index in [2.05, 4.69) is 5.10 Å². The van der Waals surface area contributed by atoms with Gasteiger partial charge in [0.25, 0.3) is 0 Å². The second kappa shape index (κ2) is 5.94. The number of esters is 1. The van der Waals surface area contributed by atoms with Gasteiger partial charge in [0, 0.05) is 31.3 Å². The maximum absolute atomic E-state index is 11.9. The predicted molar refractivity (Wildman–Crippen MR) is 70.3 cm³/mol. The van der Waals surface area contributed by atoms with Crippen molar-refractivity contribution in [1.29, 1.82) is 0 Å². The number of hydrogen-bond acceptors (Lipinski definition) is 5. The first-order valence-corrected chi connectivity index (χ1v) is 6.72. The van der Waals surface area contributed by atoms with E-state index in [1.165, 1.54) is 0 Å². The van der Waals surface area contributed by atoms with Crippen LogP contribution in [0, 0.1) is 0 Å². The number of hydrogen-bond donors (Lipinski definition) is 0. The van der Waals surface area contributed by atoms with Crippen LogP contribution in [0.25, 0.3) is 0 Å². The van der Waals surface area contributed by atoms with Crippen LogP contribution in [-0.4, -0.2) is 46.5 Å². The molecule has 1 aliphatic heterocycles. The Labute approximate surface area is 117 Å². The van der Waals surface area contributed by atoms with Crippen molar-refractivity contribution in [1.82, 2.24) is 14.7 Å². The summed E-state index contributed by atoms with van der Waals surface area (Å²) in [7, 11) is 1.79. The van der Waals surface area contributed by atoms with Crippen LogP contribution in [-0.2, 0) is 29.5 Å². The van der Waals surface area contributed by atoms with E-state index in [4.69, 9.17) is 9.47 Å². The lowest BCUT2D eigenvalue weighted by Gasteiger charge is -2.26. The van der Waals surface area contributed by atoms with E-state index in [0.29, 0.717) is 38.4 Å². The van der Waals surface area contributed by atoms with E-state index >= 15 is 0 Å². The van der Waals surface area contributed by atoms with Crippen molar-refractivity contribution in [2.45, 2.75) is 26.8 Å². The fourth-order valence-corrected chi connectivity index (χ4v) is 2.33. The van der Waals surface area contributed by atoms with Crippen molar-refractivity contribution in [3.63, 3.8) is 0 Å². The maximum Gasteiger partial charge on any atom is 0.410 e. The first-order valence-electron chi connectivity index (χ1n) is 6.72. The quantitative estimate of drug-likeness (QED) is 0.776. The Morgan fingerprint density at radius 3 is 2.60 bits per heavy atom. The predicted octanol–water partition coefficient (Wildman–Crippen LogP) is 1.11. The smallest absolute Gasteiger partial charge is 0.410 e. The Morgan fingerprint density at radius 2 is 1.95 bits per heavy atom. The number of aryl methyl sites for hydroxylation is 1. The minimum absolute atomic E-state index is 0.290. The van der Waals surface area contributed by atoms with Gasteiger partial charge in [0.05, 0.1) is 19.8 Å². The van der Waals surface area contributed by atoms with Gasteiger partial charge in [-0.1, -0.05) is 0 Å². The van der Waals surface area contributed by atoms with Crippen LogP contribution in [0.1, 0.15) is 35.6 Å². The van der Waals surface area contributed by atoms with Crippen LogP contribution in [0.5, 0.6) is 0 Å². The lowest BCUT2D eigenvalue weighted by Crippen LogP contribution is -2.37. The third-order valence-electron chi connectivity index (χ3n) is 3.24. The van der Waals surface area contributed by atoms with Crippen LogP contribution in [0.4, 0.5) is 4.79 Å². The molecule has 0 N–H and O–H groups in total. The molecule has 7 nitrogen and oxygen atoms in total. The molecule has 20 heavy (non-hydrogen) atoms. The molecular formula is C13H19N3O4. The number of amides is 1. The summed E-state index contributed by atoms with van der Waals surface area (Å²) < 4.78 is 11.7. The van der Waals surface area contributed by atoms with Gasteiger partial charge in [-0.05, 0) is 13.8 Å². The van der Waals surface area contributed by atoms with Crippen molar-refractivity contribution in [3.8, 4) is 0 Å². The Morgan fingerprint density at radius 1 is 1.25 bits per heavy atom. The largest absolute Gasteiger partial charge is 0.461 e. The zero-order valence-electron chi connectivity index (χ0n) is 12.0. The molecule has 7 heteroatoms. The summed E-state index contributed by atoms with van der Waals surface area (Å²) in [4.78, 5) is 25.3. The molecule has 0 bridgehead atoms. The van der Waals surface area contributed by atoms with Gasteiger partial charge in [-0.15, -0.1) is 0 Å². The van der Waals surface area contributed by atoms with E-state index in [1.807, 2.05) is 0 Å². The second-order valence-electron chi connectivity index (χ2n) is 4.49. The normalized spacial score (nSPS) is 13.8. The molecule has 0 spiro atoms. The molecule has 0 unspecified atom stereocenters. The average molecular weight is 281 g/mol. The standard InChI is InChI=1S/C13H19N3O4/c1-4-19-12(17)11-9-8-16(13(18)20-5-2)7-6-10(9)15(3)14-11/h4-8H2,1-3H3. The molecule has 110 valence electrons. The van der Waals surface area contributed by atoms with Gasteiger partial charge in [-0.3, -0.25) is 4.68 Å². The van der Waals surface area contributed by atoms with Crippen LogP contribution in [0.3, 0.4) is 0 Å². The minimum atomic E-state index is -0.449. The summed E-state index contributed by atoms with van der Waals surface area (Å²) in [5.74, 6) is -0.449. The van der Waals surface area contributed by atoms with Gasteiger partial charge in [-0.25, -0.2) is 9.59 Å². The summed E-state index contributed by atoms with van der Waals surface area (Å²) in [6.45, 7) is 5.04. The Balaban J connectivity index is 2.25. The van der Waals surface area contributed by atoms with Gasteiger partial charge >= 0.3 is 12.1 Å². The lowest BCUT2D eigenvalue weighted by atomic mass is 10.1. The molecule has 0 aliphatic carbocycles. The van der Waals surface area contributed by atoms with Crippen molar-refractivity contribution < 1.29 is 19.1 Å².